The molecular formula is C12H16FNO2. The molecular weight excluding hydrogens is 209 g/mol. The molecule has 88 valence electrons. The molecule has 0 bridgehead atoms. The number of benzene rings is 1. The van der Waals surface area contributed by atoms with Crippen molar-refractivity contribution >= 4 is 5.78 Å². The van der Waals surface area contributed by atoms with Crippen LogP contribution in [0.15, 0.2) is 6.07 Å². The van der Waals surface area contributed by atoms with Gasteiger partial charge in [-0.3, -0.25) is 4.79 Å². The summed E-state index contributed by atoms with van der Waals surface area (Å²) in [4.78, 5) is 11.8. The number of carbonyl (C=O) groups is 1. The number of nitrogens with two attached hydrogens (primary N) is 1. The zero-order chi connectivity index (χ0) is 12.5. The fraction of sp³-hybridized carbons (Fsp3) is 0.417. The van der Waals surface area contributed by atoms with Gasteiger partial charge >= 0.3 is 0 Å². The monoisotopic (exact) mass is 225 g/mol. The number of hydrogen-bond acceptors (Lipinski definition) is 3. The lowest BCUT2D eigenvalue weighted by Gasteiger charge is -2.14. The van der Waals surface area contributed by atoms with Crippen LogP contribution < -0.4 is 10.5 Å². The van der Waals surface area contributed by atoms with Gasteiger partial charge in [0.2, 0.25) is 0 Å². The van der Waals surface area contributed by atoms with Gasteiger partial charge in [-0.25, -0.2) is 4.39 Å². The van der Waals surface area contributed by atoms with Crippen molar-refractivity contribution in [2.75, 3.05) is 7.11 Å². The number of ketones is 1. The number of ether oxygens (including phenoxy) is 1. The molecule has 0 aliphatic heterocycles. The first kappa shape index (κ1) is 12.6. The van der Waals surface area contributed by atoms with Gasteiger partial charge in [-0.2, -0.15) is 0 Å². The summed E-state index contributed by atoms with van der Waals surface area (Å²) in [5.74, 6) is -0.524. The molecule has 1 aromatic rings. The van der Waals surface area contributed by atoms with Crippen LogP contribution in [0.1, 0.15) is 28.4 Å². The van der Waals surface area contributed by atoms with Gasteiger partial charge in [0.05, 0.1) is 13.2 Å². The minimum Gasteiger partial charge on any atom is -0.493 e. The van der Waals surface area contributed by atoms with Crippen molar-refractivity contribution in [3.05, 3.63) is 28.6 Å². The fourth-order valence-electron chi connectivity index (χ4n) is 1.60. The zero-order valence-electron chi connectivity index (χ0n) is 9.93. The van der Waals surface area contributed by atoms with E-state index >= 15 is 0 Å². The lowest BCUT2D eigenvalue weighted by molar-refractivity contribution is 0.0966. The van der Waals surface area contributed by atoms with E-state index in [2.05, 4.69) is 0 Å². The molecule has 0 fully saturated rings. The molecule has 0 saturated heterocycles. The Labute approximate surface area is 94.4 Å². The highest BCUT2D eigenvalue weighted by molar-refractivity contribution is 6.01. The summed E-state index contributed by atoms with van der Waals surface area (Å²) < 4.78 is 18.6. The topological polar surface area (TPSA) is 52.3 Å². The van der Waals surface area contributed by atoms with Crippen molar-refractivity contribution in [3.8, 4) is 5.75 Å². The summed E-state index contributed by atoms with van der Waals surface area (Å²) in [7, 11) is 1.38. The molecule has 0 heterocycles. The van der Waals surface area contributed by atoms with E-state index < -0.39 is 11.9 Å². The van der Waals surface area contributed by atoms with E-state index in [1.54, 1.807) is 20.8 Å². The Hall–Kier alpha value is -1.42. The number of aryl methyl sites for hydroxylation is 1. The van der Waals surface area contributed by atoms with Gasteiger partial charge in [0.15, 0.2) is 17.3 Å². The molecule has 16 heavy (non-hydrogen) atoms. The maximum atomic E-state index is 13.6. The highest BCUT2D eigenvalue weighted by Crippen LogP contribution is 2.28. The molecule has 0 radical (unpaired) electrons. The summed E-state index contributed by atoms with van der Waals surface area (Å²) in [5, 5.41) is 0. The Kier molecular flexibility index (Phi) is 3.65. The normalized spacial score (nSPS) is 12.4. The van der Waals surface area contributed by atoms with E-state index in [4.69, 9.17) is 10.5 Å². The van der Waals surface area contributed by atoms with Gasteiger partial charge in [0.1, 0.15) is 0 Å². The number of rotatable bonds is 3. The van der Waals surface area contributed by atoms with E-state index in [1.807, 2.05) is 0 Å². The Morgan fingerprint density at radius 1 is 1.50 bits per heavy atom. The van der Waals surface area contributed by atoms with Crippen molar-refractivity contribution in [1.29, 1.82) is 0 Å². The first-order valence-electron chi connectivity index (χ1n) is 5.03. The molecule has 0 aliphatic rings. The molecule has 1 rings (SSSR count). The molecule has 3 nitrogen and oxygen atoms in total. The maximum Gasteiger partial charge on any atom is 0.179 e. The fourth-order valence-corrected chi connectivity index (χ4v) is 1.60. The van der Waals surface area contributed by atoms with Crippen molar-refractivity contribution in [1.82, 2.24) is 0 Å². The van der Waals surface area contributed by atoms with Crippen molar-refractivity contribution < 1.29 is 13.9 Å². The largest absolute Gasteiger partial charge is 0.493 e. The van der Waals surface area contributed by atoms with Crippen LogP contribution in [0.25, 0.3) is 0 Å². The van der Waals surface area contributed by atoms with Gasteiger partial charge in [-0.15, -0.1) is 0 Å². The third-order valence-electron chi connectivity index (χ3n) is 2.53. The predicted octanol–water partition coefficient (Wildman–Crippen LogP) is 1.98. The number of carbonyl (C=O) groups excluding carboxylic acids is 1. The van der Waals surface area contributed by atoms with Crippen LogP contribution in [-0.2, 0) is 0 Å². The first-order chi connectivity index (χ1) is 7.40. The van der Waals surface area contributed by atoms with Gasteiger partial charge in [0.25, 0.3) is 0 Å². The average Bonchev–Trinajstić information content (AvgIpc) is 2.23. The van der Waals surface area contributed by atoms with Crippen LogP contribution in [0.2, 0.25) is 0 Å². The minimum absolute atomic E-state index is 0.115. The number of hydrogen-bond donors (Lipinski definition) is 1. The first-order valence-corrected chi connectivity index (χ1v) is 5.03. The average molecular weight is 225 g/mol. The van der Waals surface area contributed by atoms with Crippen molar-refractivity contribution in [2.45, 2.75) is 26.8 Å². The Morgan fingerprint density at radius 2 is 2.06 bits per heavy atom. The van der Waals surface area contributed by atoms with E-state index in [1.165, 1.54) is 13.2 Å². The van der Waals surface area contributed by atoms with Crippen LogP contribution in [0, 0.1) is 19.7 Å². The summed E-state index contributed by atoms with van der Waals surface area (Å²) in [6.07, 6.45) is 0. The molecule has 0 saturated carbocycles. The van der Waals surface area contributed by atoms with E-state index in [0.29, 0.717) is 16.7 Å². The van der Waals surface area contributed by atoms with Gasteiger partial charge in [-0.05, 0) is 32.4 Å². The van der Waals surface area contributed by atoms with Crippen LogP contribution >= 0.6 is 0 Å². The van der Waals surface area contributed by atoms with Gasteiger partial charge < -0.3 is 10.5 Å². The van der Waals surface area contributed by atoms with Crippen LogP contribution in [-0.4, -0.2) is 18.9 Å². The Bertz CT molecular complexity index is 428. The van der Waals surface area contributed by atoms with Crippen LogP contribution in [0.4, 0.5) is 4.39 Å². The quantitative estimate of drug-likeness (QED) is 0.800. The van der Waals surface area contributed by atoms with E-state index in [0.717, 1.165) is 0 Å². The molecule has 1 atom stereocenters. The highest BCUT2D eigenvalue weighted by atomic mass is 19.1. The molecule has 0 aliphatic carbocycles. The van der Waals surface area contributed by atoms with E-state index in [-0.39, 0.29) is 11.5 Å². The predicted molar refractivity (Wildman–Crippen MR) is 60.4 cm³/mol. The van der Waals surface area contributed by atoms with Crippen LogP contribution in [0.5, 0.6) is 5.75 Å². The minimum atomic E-state index is -0.603. The standard InChI is InChI=1S/C12H16FNO2/c1-6-5-9(11(15)8(3)14)7(2)12(16-4)10(6)13/h5,8H,14H2,1-4H3. The Morgan fingerprint density at radius 3 is 2.50 bits per heavy atom. The molecule has 0 aromatic heterocycles. The zero-order valence-corrected chi connectivity index (χ0v) is 9.93. The summed E-state index contributed by atoms with van der Waals surface area (Å²) in [5.41, 5.74) is 6.83. The number of Topliss-reactive ketones (excluding diaryl/α,β-unsaturated/α-hetero) is 1. The van der Waals surface area contributed by atoms with Crippen molar-refractivity contribution in [2.24, 2.45) is 5.73 Å². The maximum absolute atomic E-state index is 13.6. The second-order valence-corrected chi connectivity index (χ2v) is 3.87. The molecule has 2 N–H and O–H groups in total. The number of halogens is 1. The summed E-state index contributed by atoms with van der Waals surface area (Å²) in [6, 6.07) is 0.909. The second kappa shape index (κ2) is 4.61. The Balaban J connectivity index is 3.43. The molecule has 0 amide bonds. The molecule has 0 spiro atoms. The van der Waals surface area contributed by atoms with Gasteiger partial charge in [-0.1, -0.05) is 0 Å². The lowest BCUT2D eigenvalue weighted by Crippen LogP contribution is -2.27. The van der Waals surface area contributed by atoms with Gasteiger partial charge in [0, 0.05) is 11.1 Å². The third kappa shape index (κ3) is 2.07. The van der Waals surface area contributed by atoms with Crippen LogP contribution in [0.3, 0.4) is 0 Å². The lowest BCUT2D eigenvalue weighted by atomic mass is 9.97. The third-order valence-corrected chi connectivity index (χ3v) is 2.53. The number of methoxy groups -OCH3 is 1. The summed E-state index contributed by atoms with van der Waals surface area (Å²) >= 11 is 0. The smallest absolute Gasteiger partial charge is 0.179 e. The highest BCUT2D eigenvalue weighted by Gasteiger charge is 2.20. The van der Waals surface area contributed by atoms with E-state index in [9.17, 15) is 9.18 Å². The molecule has 4 heteroatoms. The second-order valence-electron chi connectivity index (χ2n) is 3.87. The molecule has 1 aromatic carbocycles. The van der Waals surface area contributed by atoms with Crippen molar-refractivity contribution in [3.63, 3.8) is 0 Å². The summed E-state index contributed by atoms with van der Waals surface area (Å²) in [6.45, 7) is 4.85. The molecule has 1 unspecified atom stereocenters. The SMILES string of the molecule is COc1c(C)c(C(=O)C(C)N)cc(C)c1F.